The second-order valence-corrected chi connectivity index (χ2v) is 5.83. The smallest absolute Gasteiger partial charge is 0.239 e. The van der Waals surface area contributed by atoms with Crippen molar-refractivity contribution in [3.8, 4) is 0 Å². The molecule has 0 radical (unpaired) electrons. The van der Waals surface area contributed by atoms with Crippen LogP contribution in [-0.4, -0.2) is 24.5 Å². The van der Waals surface area contributed by atoms with Crippen molar-refractivity contribution in [1.29, 1.82) is 0 Å². The molecule has 0 aliphatic carbocycles. The summed E-state index contributed by atoms with van der Waals surface area (Å²) in [5, 5.41) is 6.45. The Morgan fingerprint density at radius 3 is 3.00 bits per heavy atom. The van der Waals surface area contributed by atoms with Gasteiger partial charge in [0.05, 0.1) is 5.54 Å². The molecule has 0 spiro atoms. The Bertz CT molecular complexity index is 471. The van der Waals surface area contributed by atoms with Gasteiger partial charge in [0.2, 0.25) is 5.91 Å². The van der Waals surface area contributed by atoms with Crippen molar-refractivity contribution in [2.75, 3.05) is 13.1 Å². The van der Waals surface area contributed by atoms with Gasteiger partial charge in [0, 0.05) is 12.6 Å². The third-order valence-corrected chi connectivity index (χ3v) is 3.97. The normalized spacial score (nSPS) is 20.9. The van der Waals surface area contributed by atoms with E-state index in [4.69, 9.17) is 5.73 Å². The predicted octanol–water partition coefficient (Wildman–Crippen LogP) is 1.51. The maximum absolute atomic E-state index is 12.1. The van der Waals surface area contributed by atoms with E-state index in [0.717, 1.165) is 19.4 Å². The Morgan fingerprint density at radius 2 is 2.25 bits per heavy atom. The molecule has 4 heteroatoms. The highest BCUT2D eigenvalue weighted by molar-refractivity contribution is 5.85. The first-order valence-corrected chi connectivity index (χ1v) is 7.43. The molecular weight excluding hydrogens is 250 g/mol. The van der Waals surface area contributed by atoms with E-state index in [1.807, 2.05) is 13.0 Å². The van der Waals surface area contributed by atoms with Crippen LogP contribution in [0.25, 0.3) is 0 Å². The molecule has 4 nitrogen and oxygen atoms in total. The highest BCUT2D eigenvalue weighted by Crippen LogP contribution is 2.22. The molecule has 0 fully saturated rings. The van der Waals surface area contributed by atoms with Crippen LogP contribution in [0.3, 0.4) is 0 Å². The summed E-state index contributed by atoms with van der Waals surface area (Å²) in [6, 6.07) is 8.59. The molecule has 4 N–H and O–H groups in total. The molecule has 2 rings (SSSR count). The fraction of sp³-hybridized carbons (Fsp3) is 0.562. The van der Waals surface area contributed by atoms with Gasteiger partial charge in [0.25, 0.3) is 0 Å². The fourth-order valence-electron chi connectivity index (χ4n) is 2.80. The van der Waals surface area contributed by atoms with Gasteiger partial charge < -0.3 is 16.4 Å². The maximum Gasteiger partial charge on any atom is 0.239 e. The average molecular weight is 275 g/mol. The van der Waals surface area contributed by atoms with E-state index in [0.29, 0.717) is 13.0 Å². The molecule has 1 aromatic rings. The molecule has 0 bridgehead atoms. The van der Waals surface area contributed by atoms with Crippen LogP contribution < -0.4 is 16.4 Å². The van der Waals surface area contributed by atoms with Crippen molar-refractivity contribution in [3.05, 3.63) is 35.4 Å². The number of nitrogens with two attached hydrogens (primary N) is 1. The highest BCUT2D eigenvalue weighted by Gasteiger charge is 2.28. The Balaban J connectivity index is 1.97. The highest BCUT2D eigenvalue weighted by atomic mass is 16.2. The summed E-state index contributed by atoms with van der Waals surface area (Å²) in [7, 11) is 0. The monoisotopic (exact) mass is 275 g/mol. The molecule has 1 aliphatic rings. The van der Waals surface area contributed by atoms with Crippen molar-refractivity contribution < 1.29 is 4.79 Å². The van der Waals surface area contributed by atoms with Gasteiger partial charge in [-0.05, 0) is 37.4 Å². The molecular formula is C16H25N3O. The third kappa shape index (κ3) is 3.38. The molecule has 1 amide bonds. The molecule has 2 unspecified atom stereocenters. The molecule has 1 aromatic carbocycles. The minimum atomic E-state index is -0.775. The minimum Gasteiger partial charge on any atom is -0.353 e. The maximum atomic E-state index is 12.1. The van der Waals surface area contributed by atoms with Crippen LogP contribution in [0.5, 0.6) is 0 Å². The van der Waals surface area contributed by atoms with Gasteiger partial charge >= 0.3 is 0 Å². The molecule has 0 saturated heterocycles. The first-order chi connectivity index (χ1) is 9.54. The van der Waals surface area contributed by atoms with Crippen LogP contribution in [0.4, 0.5) is 0 Å². The summed E-state index contributed by atoms with van der Waals surface area (Å²) in [5.41, 5.74) is 7.93. The van der Waals surface area contributed by atoms with Crippen molar-refractivity contribution in [3.63, 3.8) is 0 Å². The quantitative estimate of drug-likeness (QED) is 0.763. The van der Waals surface area contributed by atoms with Gasteiger partial charge in [-0.3, -0.25) is 4.79 Å². The van der Waals surface area contributed by atoms with Gasteiger partial charge in [-0.15, -0.1) is 0 Å². The minimum absolute atomic E-state index is 0.0656. The molecule has 0 saturated carbocycles. The number of hydrogen-bond donors (Lipinski definition) is 3. The van der Waals surface area contributed by atoms with Crippen LogP contribution in [0.1, 0.15) is 43.9 Å². The van der Waals surface area contributed by atoms with Gasteiger partial charge in [-0.25, -0.2) is 0 Å². The van der Waals surface area contributed by atoms with Crippen molar-refractivity contribution in [2.24, 2.45) is 5.73 Å². The Hall–Kier alpha value is -1.39. The number of carbonyl (C=O) groups is 1. The van der Waals surface area contributed by atoms with Crippen LogP contribution in [0.15, 0.2) is 24.3 Å². The zero-order valence-corrected chi connectivity index (χ0v) is 12.4. The molecule has 0 aromatic heterocycles. The van der Waals surface area contributed by atoms with Crippen LogP contribution in [0, 0.1) is 0 Å². The van der Waals surface area contributed by atoms with Crippen LogP contribution in [0.2, 0.25) is 0 Å². The van der Waals surface area contributed by atoms with E-state index in [1.165, 1.54) is 11.1 Å². The average Bonchev–Trinajstić information content (AvgIpc) is 2.44. The zero-order valence-electron chi connectivity index (χ0n) is 12.4. The Kier molecular flexibility index (Phi) is 4.78. The summed E-state index contributed by atoms with van der Waals surface area (Å²) in [4.78, 5) is 12.1. The van der Waals surface area contributed by atoms with Crippen molar-refractivity contribution in [1.82, 2.24) is 10.6 Å². The lowest BCUT2D eigenvalue weighted by atomic mass is 9.93. The Morgan fingerprint density at radius 1 is 1.50 bits per heavy atom. The van der Waals surface area contributed by atoms with Crippen molar-refractivity contribution >= 4 is 5.91 Å². The number of amides is 1. The van der Waals surface area contributed by atoms with Crippen LogP contribution >= 0.6 is 0 Å². The van der Waals surface area contributed by atoms with E-state index in [2.05, 4.69) is 28.8 Å². The summed E-state index contributed by atoms with van der Waals surface area (Å²) in [6.07, 6.45) is 2.66. The number of benzene rings is 1. The summed E-state index contributed by atoms with van der Waals surface area (Å²) in [5.74, 6) is -0.0656. The zero-order chi connectivity index (χ0) is 14.6. The largest absolute Gasteiger partial charge is 0.353 e. The fourth-order valence-corrected chi connectivity index (χ4v) is 2.80. The van der Waals surface area contributed by atoms with Crippen LogP contribution in [-0.2, 0) is 11.2 Å². The lowest BCUT2D eigenvalue weighted by Crippen LogP contribution is -2.53. The number of fused-ring (bicyclic) bond motifs is 1. The van der Waals surface area contributed by atoms with E-state index in [-0.39, 0.29) is 11.9 Å². The number of nitrogens with one attached hydrogen (secondary N) is 2. The number of hydrogen-bond acceptors (Lipinski definition) is 3. The van der Waals surface area contributed by atoms with Gasteiger partial charge in [-0.1, -0.05) is 37.6 Å². The topological polar surface area (TPSA) is 67.2 Å². The summed E-state index contributed by atoms with van der Waals surface area (Å²) < 4.78 is 0. The lowest BCUT2D eigenvalue weighted by Gasteiger charge is -2.29. The van der Waals surface area contributed by atoms with E-state index in [9.17, 15) is 4.79 Å². The second kappa shape index (κ2) is 6.37. The Labute approximate surface area is 121 Å². The summed E-state index contributed by atoms with van der Waals surface area (Å²) in [6.45, 7) is 5.38. The SMILES string of the molecule is CCCC(C)(N)C(=O)NCC1NCCc2ccccc21. The standard InChI is InChI=1S/C16H25N3O/c1-3-9-16(2,17)15(20)19-11-14-13-7-5-4-6-12(13)8-10-18-14/h4-7,14,18H,3,8-11,17H2,1-2H3,(H,19,20). The first-order valence-electron chi connectivity index (χ1n) is 7.43. The first kappa shape index (κ1) is 15.0. The van der Waals surface area contributed by atoms with Gasteiger partial charge in [0.15, 0.2) is 0 Å². The number of rotatable bonds is 5. The van der Waals surface area contributed by atoms with E-state index in [1.54, 1.807) is 6.92 Å². The third-order valence-electron chi connectivity index (χ3n) is 3.97. The predicted molar refractivity (Wildman–Crippen MR) is 81.4 cm³/mol. The molecule has 110 valence electrons. The molecule has 1 aliphatic heterocycles. The van der Waals surface area contributed by atoms with E-state index < -0.39 is 5.54 Å². The van der Waals surface area contributed by atoms with Crippen molar-refractivity contribution in [2.45, 2.75) is 44.7 Å². The van der Waals surface area contributed by atoms with Gasteiger partial charge in [-0.2, -0.15) is 0 Å². The second-order valence-electron chi connectivity index (χ2n) is 5.83. The molecule has 2 atom stereocenters. The molecule has 1 heterocycles. The number of carbonyl (C=O) groups excluding carboxylic acids is 1. The summed E-state index contributed by atoms with van der Waals surface area (Å²) >= 11 is 0. The lowest BCUT2D eigenvalue weighted by molar-refractivity contribution is -0.126. The van der Waals surface area contributed by atoms with Gasteiger partial charge in [0.1, 0.15) is 0 Å². The van der Waals surface area contributed by atoms with E-state index >= 15 is 0 Å². The molecule has 20 heavy (non-hydrogen) atoms.